The molecule has 34 heavy (non-hydrogen) atoms. The molecule has 176 valence electrons. The van der Waals surface area contributed by atoms with E-state index >= 15 is 0 Å². The smallest absolute Gasteiger partial charge is 0.310 e. The molecule has 1 aliphatic rings. The Bertz CT molecular complexity index is 1360. The average molecular weight is 465 g/mol. The number of carbonyl (C=O) groups is 1. The fourth-order valence-corrected chi connectivity index (χ4v) is 5.06. The Morgan fingerprint density at radius 1 is 1.18 bits per heavy atom. The molecule has 0 fully saturated rings. The molecule has 0 bridgehead atoms. The van der Waals surface area contributed by atoms with Gasteiger partial charge in [0.25, 0.3) is 0 Å². The van der Waals surface area contributed by atoms with E-state index in [9.17, 15) is 13.6 Å². The van der Waals surface area contributed by atoms with E-state index < -0.39 is 0 Å². The van der Waals surface area contributed by atoms with Gasteiger partial charge >= 0.3 is 5.97 Å². The number of fused-ring (bicyclic) bond motifs is 3. The minimum Gasteiger partial charge on any atom is -0.466 e. The van der Waals surface area contributed by atoms with E-state index in [0.717, 1.165) is 40.2 Å². The van der Waals surface area contributed by atoms with E-state index in [-0.39, 0.29) is 30.2 Å². The second-order valence-corrected chi connectivity index (χ2v) is 8.72. The monoisotopic (exact) mass is 464 g/mol. The number of pyridine rings is 1. The van der Waals surface area contributed by atoms with E-state index in [1.54, 1.807) is 29.5 Å². The fraction of sp³-hybridized carbons (Fsp3) is 0.346. The SMILES string of the molecule is CCOC(=O)Cc1c2c(n3c(F)cccc13)CC(n1nnc(C)c1Cc1ccc(F)cc1)CC2. The molecule has 1 aromatic carbocycles. The number of ether oxygens (including phenoxy) is 1. The van der Waals surface area contributed by atoms with Gasteiger partial charge in [0.1, 0.15) is 5.82 Å². The fourth-order valence-electron chi connectivity index (χ4n) is 5.06. The quantitative estimate of drug-likeness (QED) is 0.310. The lowest BCUT2D eigenvalue weighted by atomic mass is 9.90. The summed E-state index contributed by atoms with van der Waals surface area (Å²) in [5.74, 6) is -0.934. The van der Waals surface area contributed by atoms with Gasteiger partial charge in [-0.1, -0.05) is 23.4 Å². The number of aromatic nitrogens is 4. The van der Waals surface area contributed by atoms with Gasteiger partial charge in [-0.05, 0) is 67.6 Å². The van der Waals surface area contributed by atoms with E-state index in [2.05, 4.69) is 10.3 Å². The minimum atomic E-state index is -0.356. The predicted octanol–water partition coefficient (Wildman–Crippen LogP) is 4.54. The highest BCUT2D eigenvalue weighted by Gasteiger charge is 2.30. The largest absolute Gasteiger partial charge is 0.466 e. The zero-order chi connectivity index (χ0) is 23.8. The maximum absolute atomic E-state index is 15.0. The highest BCUT2D eigenvalue weighted by atomic mass is 19.1. The van der Waals surface area contributed by atoms with Crippen LogP contribution in [0.25, 0.3) is 5.52 Å². The van der Waals surface area contributed by atoms with Gasteiger partial charge in [-0.2, -0.15) is 4.39 Å². The van der Waals surface area contributed by atoms with Crippen LogP contribution < -0.4 is 0 Å². The Hall–Kier alpha value is -3.55. The summed E-state index contributed by atoms with van der Waals surface area (Å²) in [4.78, 5) is 12.3. The first-order chi connectivity index (χ1) is 16.5. The van der Waals surface area contributed by atoms with Crippen molar-refractivity contribution in [1.29, 1.82) is 0 Å². The molecule has 3 heterocycles. The first kappa shape index (κ1) is 22.3. The molecule has 6 nitrogen and oxygen atoms in total. The number of hydrogen-bond acceptors (Lipinski definition) is 4. The van der Waals surface area contributed by atoms with Crippen molar-refractivity contribution in [2.24, 2.45) is 0 Å². The molecule has 0 amide bonds. The van der Waals surface area contributed by atoms with Crippen molar-refractivity contribution in [2.45, 2.75) is 52.0 Å². The summed E-state index contributed by atoms with van der Waals surface area (Å²) in [7, 11) is 0. The van der Waals surface area contributed by atoms with Crippen LogP contribution in [0.15, 0.2) is 42.5 Å². The highest BCUT2D eigenvalue weighted by molar-refractivity contribution is 5.78. The molecular formula is C26H26F2N4O2. The third-order valence-corrected chi connectivity index (χ3v) is 6.63. The second kappa shape index (κ2) is 9.00. The lowest BCUT2D eigenvalue weighted by Crippen LogP contribution is -2.23. The maximum atomic E-state index is 15.0. The predicted molar refractivity (Wildman–Crippen MR) is 123 cm³/mol. The van der Waals surface area contributed by atoms with Crippen LogP contribution in [0.2, 0.25) is 0 Å². The summed E-state index contributed by atoms with van der Waals surface area (Å²) >= 11 is 0. The molecule has 5 rings (SSSR count). The van der Waals surface area contributed by atoms with Gasteiger partial charge < -0.3 is 4.74 Å². The first-order valence-electron chi connectivity index (χ1n) is 11.6. The molecule has 4 aromatic rings. The van der Waals surface area contributed by atoms with Crippen molar-refractivity contribution < 1.29 is 18.3 Å². The molecule has 8 heteroatoms. The summed E-state index contributed by atoms with van der Waals surface area (Å²) in [5, 5.41) is 8.73. The van der Waals surface area contributed by atoms with Gasteiger partial charge in [-0.25, -0.2) is 9.07 Å². The number of nitrogens with zero attached hydrogens (tertiary/aromatic N) is 4. The van der Waals surface area contributed by atoms with Crippen molar-refractivity contribution in [3.05, 3.63) is 88.0 Å². The Morgan fingerprint density at radius 2 is 1.97 bits per heavy atom. The second-order valence-electron chi connectivity index (χ2n) is 8.72. The molecular weight excluding hydrogens is 438 g/mol. The van der Waals surface area contributed by atoms with E-state index in [0.29, 0.717) is 31.4 Å². The Morgan fingerprint density at radius 3 is 2.74 bits per heavy atom. The number of hydrogen-bond donors (Lipinski definition) is 0. The zero-order valence-electron chi connectivity index (χ0n) is 19.2. The van der Waals surface area contributed by atoms with Crippen LogP contribution in [0.4, 0.5) is 8.78 Å². The van der Waals surface area contributed by atoms with E-state index in [1.165, 1.54) is 18.2 Å². The topological polar surface area (TPSA) is 61.4 Å². The van der Waals surface area contributed by atoms with Crippen LogP contribution in [-0.4, -0.2) is 32.0 Å². The third kappa shape index (κ3) is 3.97. The molecule has 0 spiro atoms. The van der Waals surface area contributed by atoms with Gasteiger partial charge in [-0.3, -0.25) is 9.20 Å². The Labute approximate surface area is 196 Å². The lowest BCUT2D eigenvalue weighted by molar-refractivity contribution is -0.142. The summed E-state index contributed by atoms with van der Waals surface area (Å²) in [6.45, 7) is 4.01. The van der Waals surface area contributed by atoms with Gasteiger partial charge in [-0.15, -0.1) is 5.10 Å². The zero-order valence-corrected chi connectivity index (χ0v) is 19.2. The summed E-state index contributed by atoms with van der Waals surface area (Å²) in [6, 6.07) is 11.4. The maximum Gasteiger partial charge on any atom is 0.310 e. The number of halogens is 2. The number of esters is 1. The van der Waals surface area contributed by atoms with Crippen LogP contribution >= 0.6 is 0 Å². The van der Waals surface area contributed by atoms with Crippen LogP contribution in [0, 0.1) is 18.7 Å². The summed E-state index contributed by atoms with van der Waals surface area (Å²) in [5.41, 5.74) is 6.20. The number of aryl methyl sites for hydroxylation is 1. The molecule has 0 N–H and O–H groups in total. The number of carbonyl (C=O) groups excluding carboxylic acids is 1. The standard InChI is InChI=1S/C26H26F2N4O2/c1-3-34-26(33)15-21-20-12-11-19(14-24(20)31-22(21)5-4-6-25(31)28)32-23(16(2)29-30-32)13-17-7-9-18(27)10-8-17/h4-10,19H,3,11-15H2,1-2H3. The van der Waals surface area contributed by atoms with Crippen molar-refractivity contribution in [1.82, 2.24) is 19.4 Å². The van der Waals surface area contributed by atoms with E-state index in [4.69, 9.17) is 4.74 Å². The van der Waals surface area contributed by atoms with Crippen molar-refractivity contribution in [3.63, 3.8) is 0 Å². The summed E-state index contributed by atoms with van der Waals surface area (Å²) in [6.07, 6.45) is 2.77. The molecule has 0 radical (unpaired) electrons. The van der Waals surface area contributed by atoms with Crippen molar-refractivity contribution in [3.8, 4) is 0 Å². The van der Waals surface area contributed by atoms with Gasteiger partial charge in [0, 0.05) is 18.5 Å². The minimum absolute atomic E-state index is 0.00250. The first-order valence-corrected chi connectivity index (χ1v) is 11.6. The van der Waals surface area contributed by atoms with Crippen molar-refractivity contribution in [2.75, 3.05) is 6.61 Å². The van der Waals surface area contributed by atoms with E-state index in [1.807, 2.05) is 17.7 Å². The Balaban J connectivity index is 1.51. The van der Waals surface area contributed by atoms with Crippen LogP contribution in [0.3, 0.4) is 0 Å². The van der Waals surface area contributed by atoms with Crippen molar-refractivity contribution >= 4 is 11.5 Å². The molecule has 1 unspecified atom stereocenters. The third-order valence-electron chi connectivity index (χ3n) is 6.63. The van der Waals surface area contributed by atoms with Crippen LogP contribution in [0.1, 0.15) is 53.2 Å². The van der Waals surface area contributed by atoms with Gasteiger partial charge in [0.05, 0.1) is 36.0 Å². The average Bonchev–Trinajstić information content (AvgIpc) is 3.34. The normalized spacial score (nSPS) is 15.5. The molecule has 3 aromatic heterocycles. The highest BCUT2D eigenvalue weighted by Crippen LogP contribution is 2.36. The van der Waals surface area contributed by atoms with Crippen LogP contribution in [0.5, 0.6) is 0 Å². The van der Waals surface area contributed by atoms with Gasteiger partial charge in [0.2, 0.25) is 0 Å². The summed E-state index contributed by atoms with van der Waals surface area (Å²) < 4.78 is 37.1. The molecule has 1 atom stereocenters. The number of benzene rings is 1. The number of rotatable bonds is 6. The molecule has 0 saturated carbocycles. The van der Waals surface area contributed by atoms with Crippen LogP contribution in [-0.2, 0) is 35.2 Å². The van der Waals surface area contributed by atoms with Gasteiger partial charge in [0.15, 0.2) is 5.95 Å². The lowest BCUT2D eigenvalue weighted by Gasteiger charge is -2.25. The Kier molecular flexibility index (Phi) is 5.89. The molecule has 0 aliphatic heterocycles. The molecule has 1 aliphatic carbocycles. The molecule has 0 saturated heterocycles.